The summed E-state index contributed by atoms with van der Waals surface area (Å²) >= 11 is 0. The quantitative estimate of drug-likeness (QED) is 0.303. The van der Waals surface area contributed by atoms with Crippen molar-refractivity contribution in [3.63, 3.8) is 0 Å². The fourth-order valence-corrected chi connectivity index (χ4v) is 1.69. The molecule has 94 valence electrons. The molecular weight excluding hydrogens is 216 g/mol. The number of rotatable bonds is 6. The molecule has 0 radical (unpaired) electrons. The van der Waals surface area contributed by atoms with Crippen molar-refractivity contribution in [3.8, 4) is 0 Å². The van der Waals surface area contributed by atoms with E-state index in [1.165, 1.54) is 0 Å². The third kappa shape index (κ3) is 4.40. The highest BCUT2D eigenvalue weighted by Crippen LogP contribution is 2.11. The largest absolute Gasteiger partial charge is 0.409 e. The molecule has 1 aromatic rings. The molecular formula is C12H20N4O. The number of pyridine rings is 1. The van der Waals surface area contributed by atoms with Gasteiger partial charge in [-0.2, -0.15) is 0 Å². The molecule has 0 aliphatic rings. The van der Waals surface area contributed by atoms with Crippen LogP contribution in [0.2, 0.25) is 0 Å². The molecule has 0 bridgehead atoms. The lowest BCUT2D eigenvalue weighted by molar-refractivity contribution is 0.314. The third-order valence-corrected chi connectivity index (χ3v) is 2.69. The van der Waals surface area contributed by atoms with Crippen molar-refractivity contribution < 1.29 is 5.21 Å². The number of hydrogen-bond donors (Lipinski definition) is 3. The second kappa shape index (κ2) is 6.85. The van der Waals surface area contributed by atoms with Crippen LogP contribution in [0.15, 0.2) is 29.6 Å². The molecule has 5 nitrogen and oxygen atoms in total. The molecule has 5 heteroatoms. The molecule has 0 aliphatic carbocycles. The van der Waals surface area contributed by atoms with Gasteiger partial charge in [-0.1, -0.05) is 18.1 Å². The Labute approximate surface area is 102 Å². The second-order valence-corrected chi connectivity index (χ2v) is 4.04. The molecule has 0 saturated carbocycles. The molecule has 17 heavy (non-hydrogen) atoms. The van der Waals surface area contributed by atoms with E-state index in [2.05, 4.69) is 29.3 Å². The Morgan fingerprint density at radius 1 is 1.59 bits per heavy atom. The Hall–Kier alpha value is -1.62. The van der Waals surface area contributed by atoms with E-state index in [4.69, 9.17) is 10.9 Å². The highest BCUT2D eigenvalue weighted by atomic mass is 16.4. The number of nitrogens with two attached hydrogens (primary N) is 1. The van der Waals surface area contributed by atoms with Crippen LogP contribution in [0.1, 0.15) is 38.4 Å². The maximum absolute atomic E-state index is 8.55. The lowest BCUT2D eigenvalue weighted by Crippen LogP contribution is -2.35. The van der Waals surface area contributed by atoms with Crippen LogP contribution in [0.25, 0.3) is 0 Å². The van der Waals surface area contributed by atoms with Gasteiger partial charge in [-0.3, -0.25) is 4.98 Å². The molecule has 1 unspecified atom stereocenters. The molecule has 0 fully saturated rings. The highest BCUT2D eigenvalue weighted by Gasteiger charge is 2.13. The minimum Gasteiger partial charge on any atom is -0.409 e. The van der Waals surface area contributed by atoms with Crippen molar-refractivity contribution in [2.24, 2.45) is 10.9 Å². The van der Waals surface area contributed by atoms with Gasteiger partial charge in [0.1, 0.15) is 5.84 Å². The average molecular weight is 236 g/mol. The lowest BCUT2D eigenvalue weighted by Gasteiger charge is -2.21. The van der Waals surface area contributed by atoms with Gasteiger partial charge in [0, 0.05) is 24.7 Å². The predicted molar refractivity (Wildman–Crippen MR) is 67.9 cm³/mol. The van der Waals surface area contributed by atoms with Crippen LogP contribution in [0, 0.1) is 0 Å². The molecule has 0 spiro atoms. The van der Waals surface area contributed by atoms with E-state index in [1.807, 2.05) is 18.2 Å². The second-order valence-electron chi connectivity index (χ2n) is 4.04. The van der Waals surface area contributed by atoms with Gasteiger partial charge >= 0.3 is 0 Å². The summed E-state index contributed by atoms with van der Waals surface area (Å²) in [6.45, 7) is 4.12. The maximum atomic E-state index is 8.55. The van der Waals surface area contributed by atoms with E-state index in [9.17, 15) is 0 Å². The van der Waals surface area contributed by atoms with E-state index in [-0.39, 0.29) is 17.9 Å². The molecule has 0 aliphatic heterocycles. The topological polar surface area (TPSA) is 83.5 Å². The molecule has 2 atom stereocenters. The van der Waals surface area contributed by atoms with Gasteiger partial charge in [0.05, 0.1) is 5.69 Å². The zero-order chi connectivity index (χ0) is 12.7. The Morgan fingerprint density at radius 3 is 2.88 bits per heavy atom. The molecule has 4 N–H and O–H groups in total. The van der Waals surface area contributed by atoms with Crippen LogP contribution in [0.3, 0.4) is 0 Å². The minimum atomic E-state index is 0.146. The van der Waals surface area contributed by atoms with Crippen molar-refractivity contribution in [2.45, 2.75) is 38.8 Å². The van der Waals surface area contributed by atoms with E-state index in [0.717, 1.165) is 12.1 Å². The number of hydrogen-bond acceptors (Lipinski definition) is 4. The van der Waals surface area contributed by atoms with E-state index in [1.54, 1.807) is 6.20 Å². The van der Waals surface area contributed by atoms with Crippen molar-refractivity contribution in [1.29, 1.82) is 0 Å². The monoisotopic (exact) mass is 236 g/mol. The van der Waals surface area contributed by atoms with Crippen molar-refractivity contribution in [2.75, 3.05) is 0 Å². The number of nitrogens with zero attached hydrogens (tertiary/aromatic N) is 2. The van der Waals surface area contributed by atoms with Gasteiger partial charge in [0.15, 0.2) is 0 Å². The normalized spacial score (nSPS) is 15.5. The summed E-state index contributed by atoms with van der Waals surface area (Å²) in [5.74, 6) is 0.248. The molecule has 0 saturated heterocycles. The number of aromatic nitrogens is 1. The van der Waals surface area contributed by atoms with E-state index >= 15 is 0 Å². The van der Waals surface area contributed by atoms with Crippen LogP contribution < -0.4 is 11.1 Å². The molecule has 1 aromatic heterocycles. The van der Waals surface area contributed by atoms with Gasteiger partial charge < -0.3 is 16.3 Å². The van der Waals surface area contributed by atoms with Crippen LogP contribution in [-0.4, -0.2) is 22.1 Å². The molecule has 0 amide bonds. The SMILES string of the molecule is CCC(C/C(N)=N/O)N[C@@H](C)c1ccccn1. The fraction of sp³-hybridized carbons (Fsp3) is 0.500. The van der Waals surface area contributed by atoms with Crippen LogP contribution >= 0.6 is 0 Å². The molecule has 1 rings (SSSR count). The highest BCUT2D eigenvalue weighted by molar-refractivity contribution is 5.80. The zero-order valence-electron chi connectivity index (χ0n) is 10.3. The lowest BCUT2D eigenvalue weighted by atomic mass is 10.1. The van der Waals surface area contributed by atoms with E-state index in [0.29, 0.717) is 6.42 Å². The van der Waals surface area contributed by atoms with Gasteiger partial charge in [-0.25, -0.2) is 0 Å². The average Bonchev–Trinajstić information content (AvgIpc) is 2.38. The first kappa shape index (κ1) is 13.4. The Morgan fingerprint density at radius 2 is 2.35 bits per heavy atom. The smallest absolute Gasteiger partial charge is 0.140 e. The van der Waals surface area contributed by atoms with Crippen LogP contribution in [-0.2, 0) is 0 Å². The third-order valence-electron chi connectivity index (χ3n) is 2.69. The Kier molecular flexibility index (Phi) is 5.42. The molecule has 0 aromatic carbocycles. The van der Waals surface area contributed by atoms with Crippen LogP contribution in [0.4, 0.5) is 0 Å². The first-order valence-electron chi connectivity index (χ1n) is 5.80. The number of oxime groups is 1. The van der Waals surface area contributed by atoms with Gasteiger partial charge in [0.2, 0.25) is 0 Å². The number of nitrogens with one attached hydrogen (secondary N) is 1. The maximum Gasteiger partial charge on any atom is 0.140 e. The van der Waals surface area contributed by atoms with Crippen molar-refractivity contribution in [3.05, 3.63) is 30.1 Å². The summed E-state index contributed by atoms with van der Waals surface area (Å²) in [6.07, 6.45) is 3.22. The van der Waals surface area contributed by atoms with E-state index < -0.39 is 0 Å². The summed E-state index contributed by atoms with van der Waals surface area (Å²) in [4.78, 5) is 4.29. The first-order chi connectivity index (χ1) is 8.17. The zero-order valence-corrected chi connectivity index (χ0v) is 10.3. The van der Waals surface area contributed by atoms with Crippen molar-refractivity contribution in [1.82, 2.24) is 10.3 Å². The Balaban J connectivity index is 2.57. The summed E-state index contributed by atoms with van der Waals surface area (Å²) < 4.78 is 0. The van der Waals surface area contributed by atoms with Gasteiger partial charge in [-0.15, -0.1) is 0 Å². The summed E-state index contributed by atoms with van der Waals surface area (Å²) in [6, 6.07) is 6.17. The van der Waals surface area contributed by atoms with Gasteiger partial charge in [0.25, 0.3) is 0 Å². The fourth-order valence-electron chi connectivity index (χ4n) is 1.69. The van der Waals surface area contributed by atoms with Crippen LogP contribution in [0.5, 0.6) is 0 Å². The number of amidine groups is 1. The summed E-state index contributed by atoms with van der Waals surface area (Å²) in [7, 11) is 0. The first-order valence-corrected chi connectivity index (χ1v) is 5.80. The minimum absolute atomic E-state index is 0.146. The predicted octanol–water partition coefficient (Wildman–Crippen LogP) is 1.65. The summed E-state index contributed by atoms with van der Waals surface area (Å²) in [5, 5.41) is 15.0. The van der Waals surface area contributed by atoms with Crippen molar-refractivity contribution >= 4 is 5.84 Å². The molecule has 1 heterocycles. The summed E-state index contributed by atoms with van der Waals surface area (Å²) in [5.41, 5.74) is 6.50. The van der Waals surface area contributed by atoms with Gasteiger partial charge in [-0.05, 0) is 25.5 Å². The standard InChI is InChI=1S/C12H20N4O/c1-3-10(8-12(13)16-17)15-9(2)11-6-4-5-7-14-11/h4-7,9-10,15,17H,3,8H2,1-2H3,(H2,13,16)/t9-,10?/m0/s1. The Bertz CT molecular complexity index is 353.